The number of benzene rings is 1. The maximum atomic E-state index is 12.5. The van der Waals surface area contributed by atoms with Crippen LogP contribution < -0.4 is 5.32 Å². The zero-order chi connectivity index (χ0) is 18.6. The quantitative estimate of drug-likeness (QED) is 0.675. The summed E-state index contributed by atoms with van der Waals surface area (Å²) in [4.78, 5) is 24.9. The maximum Gasteiger partial charge on any atom is 0.408 e. The molecule has 142 valence electrons. The minimum atomic E-state index is -0.622. The molecule has 2 aliphatic carbocycles. The van der Waals surface area contributed by atoms with Gasteiger partial charge in [0.1, 0.15) is 12.6 Å². The van der Waals surface area contributed by atoms with Crippen molar-refractivity contribution in [1.29, 1.82) is 0 Å². The van der Waals surface area contributed by atoms with Crippen molar-refractivity contribution in [3.8, 4) is 0 Å². The van der Waals surface area contributed by atoms with E-state index in [2.05, 4.69) is 12.2 Å². The average Bonchev–Trinajstić information content (AvgIpc) is 3.55. The van der Waals surface area contributed by atoms with Crippen LogP contribution in [0.25, 0.3) is 0 Å². The number of hydrogen-bond donors (Lipinski definition) is 1. The Morgan fingerprint density at radius 2 is 1.88 bits per heavy atom. The highest BCUT2D eigenvalue weighted by Gasteiger charge is 2.48. The number of carbonyl (C=O) groups excluding carboxylic acids is 2. The average molecular weight is 359 g/mol. The Morgan fingerprint density at radius 1 is 1.19 bits per heavy atom. The molecule has 0 saturated heterocycles. The molecule has 1 N–H and O–H groups in total. The zero-order valence-corrected chi connectivity index (χ0v) is 15.7. The Balaban J connectivity index is 1.62. The molecule has 0 spiro atoms. The van der Waals surface area contributed by atoms with E-state index in [1.165, 1.54) is 12.8 Å². The number of hydrogen-bond acceptors (Lipinski definition) is 4. The predicted molar refractivity (Wildman–Crippen MR) is 98.4 cm³/mol. The Morgan fingerprint density at radius 3 is 2.46 bits per heavy atom. The molecular weight excluding hydrogens is 330 g/mol. The van der Waals surface area contributed by atoms with E-state index < -0.39 is 12.1 Å². The first-order valence-corrected chi connectivity index (χ1v) is 9.64. The van der Waals surface area contributed by atoms with Crippen molar-refractivity contribution >= 4 is 12.1 Å². The Bertz CT molecular complexity index is 622. The van der Waals surface area contributed by atoms with Crippen LogP contribution in [0, 0.1) is 17.3 Å². The molecule has 0 heterocycles. The number of ether oxygens (including phenoxy) is 2. The Labute approximate surface area is 155 Å². The van der Waals surface area contributed by atoms with Crippen LogP contribution in [0.1, 0.15) is 51.5 Å². The lowest BCUT2D eigenvalue weighted by Crippen LogP contribution is -2.48. The van der Waals surface area contributed by atoms with E-state index in [-0.39, 0.29) is 18.5 Å². The van der Waals surface area contributed by atoms with E-state index in [4.69, 9.17) is 9.47 Å². The van der Waals surface area contributed by atoms with E-state index in [9.17, 15) is 9.59 Å². The van der Waals surface area contributed by atoms with Crippen molar-refractivity contribution in [2.24, 2.45) is 17.3 Å². The van der Waals surface area contributed by atoms with Gasteiger partial charge in [0, 0.05) is 0 Å². The summed E-state index contributed by atoms with van der Waals surface area (Å²) in [6.45, 7) is 4.55. The van der Waals surface area contributed by atoms with Crippen LogP contribution in [0.2, 0.25) is 0 Å². The fourth-order valence-corrected chi connectivity index (χ4v) is 3.53. The molecule has 1 aromatic rings. The lowest BCUT2D eigenvalue weighted by molar-refractivity contribution is -0.147. The van der Waals surface area contributed by atoms with E-state index in [1.807, 2.05) is 30.3 Å². The van der Waals surface area contributed by atoms with Crippen LogP contribution in [-0.2, 0) is 20.9 Å². The van der Waals surface area contributed by atoms with Gasteiger partial charge < -0.3 is 14.8 Å². The SMILES string of the molecule is CCOC(=O)[C@@H](NC(=O)OCc1ccccc1)[C@H](CC1(C)CC1)C1CC1. The molecule has 26 heavy (non-hydrogen) atoms. The highest BCUT2D eigenvalue weighted by atomic mass is 16.6. The minimum absolute atomic E-state index is 0.130. The largest absolute Gasteiger partial charge is 0.464 e. The standard InChI is InChI=1S/C21H29NO4/c1-3-25-19(23)18(17(16-9-10-16)13-21(2)11-12-21)22-20(24)26-14-15-7-5-4-6-8-15/h4-8,16-18H,3,9-14H2,1-2H3,(H,22,24)/t17-,18+/m1/s1. The second-order valence-electron chi connectivity index (χ2n) is 7.95. The molecule has 0 bridgehead atoms. The van der Waals surface area contributed by atoms with Crippen LogP contribution in [0.5, 0.6) is 0 Å². The van der Waals surface area contributed by atoms with Crippen molar-refractivity contribution in [1.82, 2.24) is 5.32 Å². The first-order valence-electron chi connectivity index (χ1n) is 9.64. The Kier molecular flexibility index (Phi) is 5.84. The third kappa shape index (κ3) is 5.23. The summed E-state index contributed by atoms with van der Waals surface area (Å²) in [6, 6.07) is 8.89. The fourth-order valence-electron chi connectivity index (χ4n) is 3.53. The fraction of sp³-hybridized carbons (Fsp3) is 0.619. The van der Waals surface area contributed by atoms with Gasteiger partial charge in [-0.05, 0) is 61.8 Å². The van der Waals surface area contributed by atoms with Gasteiger partial charge in [0.2, 0.25) is 0 Å². The zero-order valence-electron chi connectivity index (χ0n) is 15.7. The molecule has 2 atom stereocenters. The smallest absolute Gasteiger partial charge is 0.408 e. The number of carbonyl (C=O) groups is 2. The first-order chi connectivity index (χ1) is 12.5. The lowest BCUT2D eigenvalue weighted by Gasteiger charge is -2.28. The monoisotopic (exact) mass is 359 g/mol. The van der Waals surface area contributed by atoms with E-state index in [1.54, 1.807) is 6.92 Å². The molecule has 2 fully saturated rings. The van der Waals surface area contributed by atoms with Crippen molar-refractivity contribution in [2.45, 2.75) is 58.6 Å². The summed E-state index contributed by atoms with van der Waals surface area (Å²) in [5, 5.41) is 2.81. The number of alkyl carbamates (subject to hydrolysis) is 1. The second kappa shape index (κ2) is 8.11. The highest BCUT2D eigenvalue weighted by Crippen LogP contribution is 2.54. The molecular formula is C21H29NO4. The van der Waals surface area contributed by atoms with Gasteiger partial charge in [0.05, 0.1) is 6.61 Å². The molecule has 0 aromatic heterocycles. The van der Waals surface area contributed by atoms with E-state index in [0.717, 1.165) is 24.8 Å². The van der Waals surface area contributed by atoms with Crippen molar-refractivity contribution in [3.63, 3.8) is 0 Å². The third-order valence-corrected chi connectivity index (χ3v) is 5.51. The summed E-state index contributed by atoms with van der Waals surface area (Å²) >= 11 is 0. The molecule has 1 aromatic carbocycles. The van der Waals surface area contributed by atoms with Crippen LogP contribution in [0.15, 0.2) is 30.3 Å². The van der Waals surface area contributed by atoms with E-state index >= 15 is 0 Å². The van der Waals surface area contributed by atoms with Crippen molar-refractivity contribution in [3.05, 3.63) is 35.9 Å². The second-order valence-corrected chi connectivity index (χ2v) is 7.95. The topological polar surface area (TPSA) is 64.6 Å². The van der Waals surface area contributed by atoms with Crippen LogP contribution in [0.3, 0.4) is 0 Å². The van der Waals surface area contributed by atoms with Gasteiger partial charge in [-0.3, -0.25) is 0 Å². The van der Waals surface area contributed by atoms with Gasteiger partial charge in [-0.2, -0.15) is 0 Å². The molecule has 0 aliphatic heterocycles. The minimum Gasteiger partial charge on any atom is -0.464 e. The molecule has 5 nitrogen and oxygen atoms in total. The van der Waals surface area contributed by atoms with Gasteiger partial charge in [-0.1, -0.05) is 37.3 Å². The summed E-state index contributed by atoms with van der Waals surface area (Å²) in [7, 11) is 0. The highest BCUT2D eigenvalue weighted by molar-refractivity contribution is 5.81. The number of esters is 1. The predicted octanol–water partition coefficient (Wildman–Crippen LogP) is 4.06. The van der Waals surface area contributed by atoms with Gasteiger partial charge in [-0.15, -0.1) is 0 Å². The third-order valence-electron chi connectivity index (χ3n) is 5.51. The van der Waals surface area contributed by atoms with E-state index in [0.29, 0.717) is 17.9 Å². The molecule has 3 rings (SSSR count). The lowest BCUT2D eigenvalue weighted by atomic mass is 9.84. The van der Waals surface area contributed by atoms with Gasteiger partial charge in [-0.25, -0.2) is 9.59 Å². The van der Waals surface area contributed by atoms with Gasteiger partial charge in [0.25, 0.3) is 0 Å². The normalized spacial score (nSPS) is 19.9. The first kappa shape index (κ1) is 18.7. The van der Waals surface area contributed by atoms with Crippen LogP contribution in [0.4, 0.5) is 4.79 Å². The Hall–Kier alpha value is -2.04. The van der Waals surface area contributed by atoms with Crippen LogP contribution >= 0.6 is 0 Å². The molecule has 0 radical (unpaired) electrons. The van der Waals surface area contributed by atoms with Gasteiger partial charge in [0.15, 0.2) is 0 Å². The summed E-state index contributed by atoms with van der Waals surface area (Å²) in [5.74, 6) is 0.285. The summed E-state index contributed by atoms with van der Waals surface area (Å²) in [5.41, 5.74) is 1.23. The van der Waals surface area contributed by atoms with Crippen molar-refractivity contribution in [2.75, 3.05) is 6.61 Å². The number of rotatable bonds is 9. The number of amides is 1. The van der Waals surface area contributed by atoms with Gasteiger partial charge >= 0.3 is 12.1 Å². The number of nitrogens with one attached hydrogen (secondary N) is 1. The maximum absolute atomic E-state index is 12.5. The molecule has 2 aliphatic rings. The summed E-state index contributed by atoms with van der Waals surface area (Å²) < 4.78 is 10.6. The van der Waals surface area contributed by atoms with Crippen molar-refractivity contribution < 1.29 is 19.1 Å². The molecule has 0 unspecified atom stereocenters. The molecule has 1 amide bonds. The summed E-state index contributed by atoms with van der Waals surface area (Å²) in [6.07, 6.45) is 5.04. The molecule has 5 heteroatoms. The molecule has 2 saturated carbocycles. The van der Waals surface area contributed by atoms with Crippen LogP contribution in [-0.4, -0.2) is 24.7 Å².